The first-order valence-corrected chi connectivity index (χ1v) is 6.96. The summed E-state index contributed by atoms with van der Waals surface area (Å²) in [6.07, 6.45) is 1.91. The number of morpholine rings is 1. The number of halogens is 2. The van der Waals surface area contributed by atoms with Crippen LogP contribution in [0.25, 0.3) is 0 Å². The van der Waals surface area contributed by atoms with Gasteiger partial charge in [0.05, 0.1) is 18.9 Å². The van der Waals surface area contributed by atoms with Crippen molar-refractivity contribution in [1.82, 2.24) is 5.32 Å². The van der Waals surface area contributed by atoms with Crippen LogP contribution in [-0.2, 0) is 9.53 Å². The number of nitrogen functional groups attached to an aromatic ring is 1. The average Bonchev–Trinajstić information content (AvgIpc) is 3.28. The Kier molecular flexibility index (Phi) is 3.67. The summed E-state index contributed by atoms with van der Waals surface area (Å²) in [7, 11) is 0. The van der Waals surface area contributed by atoms with Gasteiger partial charge in [0.2, 0.25) is 5.91 Å². The lowest BCUT2D eigenvalue weighted by Gasteiger charge is -2.37. The van der Waals surface area contributed by atoms with Crippen molar-refractivity contribution in [3.63, 3.8) is 0 Å². The average molecular weight is 297 g/mol. The van der Waals surface area contributed by atoms with Crippen molar-refractivity contribution in [2.24, 2.45) is 0 Å². The molecule has 1 heterocycles. The van der Waals surface area contributed by atoms with E-state index in [4.69, 9.17) is 10.5 Å². The number of rotatable bonds is 3. The highest BCUT2D eigenvalue weighted by atomic mass is 19.2. The Labute approximate surface area is 121 Å². The maximum atomic E-state index is 14.1. The minimum Gasteiger partial charge on any atom is -0.397 e. The second-order valence-electron chi connectivity index (χ2n) is 5.37. The molecule has 1 saturated heterocycles. The molecule has 0 spiro atoms. The Morgan fingerprint density at radius 1 is 1.38 bits per heavy atom. The quantitative estimate of drug-likeness (QED) is 0.818. The fraction of sp³-hybridized carbons (Fsp3) is 0.500. The standard InChI is InChI=1S/C14H17F2N3O2/c15-9-3-4-10(17)13(12(9)16)19-5-6-21-7-11(19)14(20)18-8-1-2-8/h3-4,8,11H,1-2,5-7,17H2,(H,18,20). The first kappa shape index (κ1) is 14.1. The zero-order valence-electron chi connectivity index (χ0n) is 11.4. The highest BCUT2D eigenvalue weighted by Crippen LogP contribution is 2.31. The van der Waals surface area contributed by atoms with E-state index in [0.29, 0.717) is 6.61 Å². The maximum Gasteiger partial charge on any atom is 0.245 e. The van der Waals surface area contributed by atoms with Crippen LogP contribution in [0.1, 0.15) is 12.8 Å². The van der Waals surface area contributed by atoms with Crippen molar-refractivity contribution in [2.45, 2.75) is 24.9 Å². The van der Waals surface area contributed by atoms with Gasteiger partial charge in [0, 0.05) is 12.6 Å². The maximum absolute atomic E-state index is 14.1. The number of carbonyl (C=O) groups excluding carboxylic acids is 1. The number of anilines is 2. The van der Waals surface area contributed by atoms with E-state index in [2.05, 4.69) is 5.32 Å². The number of carbonyl (C=O) groups is 1. The molecule has 0 radical (unpaired) electrons. The predicted molar refractivity (Wildman–Crippen MR) is 73.9 cm³/mol. The molecule has 1 unspecified atom stereocenters. The molecule has 1 aromatic carbocycles. The van der Waals surface area contributed by atoms with Crippen LogP contribution in [0.3, 0.4) is 0 Å². The Bertz CT molecular complexity index is 563. The van der Waals surface area contributed by atoms with E-state index < -0.39 is 17.7 Å². The monoisotopic (exact) mass is 297 g/mol. The van der Waals surface area contributed by atoms with Crippen molar-refractivity contribution in [1.29, 1.82) is 0 Å². The molecule has 1 atom stereocenters. The van der Waals surface area contributed by atoms with Crippen LogP contribution in [0, 0.1) is 11.6 Å². The van der Waals surface area contributed by atoms with Gasteiger partial charge < -0.3 is 20.7 Å². The molecule has 114 valence electrons. The summed E-state index contributed by atoms with van der Waals surface area (Å²) in [4.78, 5) is 13.7. The van der Waals surface area contributed by atoms with E-state index >= 15 is 0 Å². The minimum absolute atomic E-state index is 0.0609. The molecule has 3 rings (SSSR count). The largest absolute Gasteiger partial charge is 0.397 e. The molecule has 1 aliphatic heterocycles. The lowest BCUT2D eigenvalue weighted by atomic mass is 10.1. The topological polar surface area (TPSA) is 67.6 Å². The zero-order chi connectivity index (χ0) is 15.0. The fourth-order valence-corrected chi connectivity index (χ4v) is 2.46. The van der Waals surface area contributed by atoms with Gasteiger partial charge >= 0.3 is 0 Å². The summed E-state index contributed by atoms with van der Waals surface area (Å²) in [5.41, 5.74) is 5.83. The SMILES string of the molecule is Nc1ccc(F)c(F)c1N1CCOCC1C(=O)NC1CC1. The van der Waals surface area contributed by atoms with E-state index in [9.17, 15) is 13.6 Å². The van der Waals surface area contributed by atoms with Crippen LogP contribution in [0.2, 0.25) is 0 Å². The highest BCUT2D eigenvalue weighted by Gasteiger charge is 2.35. The van der Waals surface area contributed by atoms with E-state index in [1.54, 1.807) is 0 Å². The first-order valence-electron chi connectivity index (χ1n) is 6.96. The molecule has 3 N–H and O–H groups in total. The molecule has 5 nitrogen and oxygen atoms in total. The van der Waals surface area contributed by atoms with Crippen LogP contribution in [0.15, 0.2) is 12.1 Å². The highest BCUT2D eigenvalue weighted by molar-refractivity contribution is 5.87. The molecule has 2 fully saturated rings. The number of nitrogens with one attached hydrogen (secondary N) is 1. The second-order valence-corrected chi connectivity index (χ2v) is 5.37. The van der Waals surface area contributed by atoms with Crippen LogP contribution >= 0.6 is 0 Å². The lowest BCUT2D eigenvalue weighted by molar-refractivity contribution is -0.124. The smallest absolute Gasteiger partial charge is 0.245 e. The Morgan fingerprint density at radius 2 is 2.14 bits per heavy atom. The van der Waals surface area contributed by atoms with Crippen molar-refractivity contribution >= 4 is 17.3 Å². The Hall–Kier alpha value is -1.89. The number of ether oxygens (including phenoxy) is 1. The third-order valence-corrected chi connectivity index (χ3v) is 3.74. The van der Waals surface area contributed by atoms with Crippen molar-refractivity contribution in [2.75, 3.05) is 30.4 Å². The van der Waals surface area contributed by atoms with Crippen LogP contribution in [0.4, 0.5) is 20.2 Å². The summed E-state index contributed by atoms with van der Waals surface area (Å²) < 4.78 is 32.9. The van der Waals surface area contributed by atoms with E-state index in [1.807, 2.05) is 0 Å². The zero-order valence-corrected chi connectivity index (χ0v) is 11.4. The second kappa shape index (κ2) is 5.48. The van der Waals surface area contributed by atoms with Gasteiger partial charge in [-0.15, -0.1) is 0 Å². The number of hydrogen-bond donors (Lipinski definition) is 2. The Balaban J connectivity index is 1.90. The molecule has 7 heteroatoms. The molecule has 0 aromatic heterocycles. The van der Waals surface area contributed by atoms with Gasteiger partial charge in [0.25, 0.3) is 0 Å². The molecule has 1 saturated carbocycles. The van der Waals surface area contributed by atoms with Gasteiger partial charge in [0.15, 0.2) is 11.6 Å². The lowest BCUT2D eigenvalue weighted by Crippen LogP contribution is -2.54. The molecule has 2 aliphatic rings. The van der Waals surface area contributed by atoms with Gasteiger partial charge in [-0.1, -0.05) is 0 Å². The number of nitrogens with zero attached hydrogens (tertiary/aromatic N) is 1. The van der Waals surface area contributed by atoms with E-state index in [1.165, 1.54) is 11.0 Å². The Morgan fingerprint density at radius 3 is 2.86 bits per heavy atom. The summed E-state index contributed by atoms with van der Waals surface area (Å²) in [5, 5.41) is 2.86. The summed E-state index contributed by atoms with van der Waals surface area (Å²) >= 11 is 0. The molecular formula is C14H17F2N3O2. The normalized spacial score (nSPS) is 22.2. The number of hydrogen-bond acceptors (Lipinski definition) is 4. The molecule has 0 bridgehead atoms. The fourth-order valence-electron chi connectivity index (χ4n) is 2.46. The first-order chi connectivity index (χ1) is 10.1. The summed E-state index contributed by atoms with van der Waals surface area (Å²) in [5.74, 6) is -2.24. The van der Waals surface area contributed by atoms with Crippen molar-refractivity contribution < 1.29 is 18.3 Å². The molecular weight excluding hydrogens is 280 g/mol. The predicted octanol–water partition coefficient (Wildman–Crippen LogP) is 1.03. The van der Waals surface area contributed by atoms with Gasteiger partial charge in [-0.3, -0.25) is 4.79 Å². The van der Waals surface area contributed by atoms with Crippen molar-refractivity contribution in [3.05, 3.63) is 23.8 Å². The van der Waals surface area contributed by atoms with Gasteiger partial charge in [0.1, 0.15) is 11.7 Å². The summed E-state index contributed by atoms with van der Waals surface area (Å²) in [6, 6.07) is 1.78. The van der Waals surface area contributed by atoms with Crippen LogP contribution < -0.4 is 16.0 Å². The minimum atomic E-state index is -1.03. The summed E-state index contributed by atoms with van der Waals surface area (Å²) in [6.45, 7) is 0.754. The van der Waals surface area contributed by atoms with Crippen molar-refractivity contribution in [3.8, 4) is 0 Å². The number of nitrogens with two attached hydrogens (primary N) is 1. The van der Waals surface area contributed by atoms with Gasteiger partial charge in [-0.05, 0) is 25.0 Å². The molecule has 1 aromatic rings. The number of amides is 1. The molecule has 21 heavy (non-hydrogen) atoms. The molecule has 1 aliphatic carbocycles. The van der Waals surface area contributed by atoms with E-state index in [0.717, 1.165) is 18.9 Å². The third kappa shape index (κ3) is 2.78. The molecule has 1 amide bonds. The van der Waals surface area contributed by atoms with Crippen LogP contribution in [0.5, 0.6) is 0 Å². The van der Waals surface area contributed by atoms with E-state index in [-0.39, 0.29) is 36.5 Å². The number of benzene rings is 1. The third-order valence-electron chi connectivity index (χ3n) is 3.74. The van der Waals surface area contributed by atoms with Gasteiger partial charge in [-0.2, -0.15) is 0 Å². The van der Waals surface area contributed by atoms with Gasteiger partial charge in [-0.25, -0.2) is 8.78 Å². The van der Waals surface area contributed by atoms with Crippen LogP contribution in [-0.4, -0.2) is 37.7 Å².